The molecular weight excluding hydrogens is 399 g/mol. The Morgan fingerprint density at radius 3 is 2.84 bits per heavy atom. The first kappa shape index (κ1) is 21.1. The Morgan fingerprint density at radius 1 is 1.16 bits per heavy atom. The molecule has 0 bridgehead atoms. The number of phenols is 1. The molecule has 0 spiro atoms. The predicted octanol–water partition coefficient (Wildman–Crippen LogP) is 4.10. The van der Waals surface area contributed by atoms with Gasteiger partial charge in [-0.25, -0.2) is 4.39 Å². The summed E-state index contributed by atoms with van der Waals surface area (Å²) >= 11 is 0. The summed E-state index contributed by atoms with van der Waals surface area (Å²) in [5, 5.41) is 21.5. The summed E-state index contributed by atoms with van der Waals surface area (Å²) in [7, 11) is 0. The third-order valence-corrected chi connectivity index (χ3v) is 5.44. The van der Waals surface area contributed by atoms with Crippen LogP contribution in [0.1, 0.15) is 24.8 Å². The monoisotopic (exact) mass is 426 g/mol. The highest BCUT2D eigenvalue weighted by atomic mass is 19.1. The molecule has 1 aromatic heterocycles. The van der Waals surface area contributed by atoms with Gasteiger partial charge in [0.15, 0.2) is 12.5 Å². The molecule has 0 radical (unpaired) electrons. The molecule has 1 aliphatic rings. The maximum absolute atomic E-state index is 14.0. The van der Waals surface area contributed by atoms with Gasteiger partial charge in [0.1, 0.15) is 22.8 Å². The Kier molecular flexibility index (Phi) is 6.66. The van der Waals surface area contributed by atoms with E-state index in [1.807, 2.05) is 18.2 Å². The lowest BCUT2D eigenvalue weighted by Crippen LogP contribution is -2.21. The Labute approximate surface area is 180 Å². The van der Waals surface area contributed by atoms with Crippen LogP contribution in [0.5, 0.6) is 17.2 Å². The quantitative estimate of drug-likeness (QED) is 0.394. The Balaban J connectivity index is 1.33. The molecule has 31 heavy (non-hydrogen) atoms. The van der Waals surface area contributed by atoms with Gasteiger partial charge in [-0.15, -0.1) is 0 Å². The summed E-state index contributed by atoms with van der Waals surface area (Å²) in [6.07, 6.45) is 5.10. The van der Waals surface area contributed by atoms with E-state index in [2.05, 4.69) is 20.4 Å². The molecule has 0 atom stereocenters. The highest BCUT2D eigenvalue weighted by Gasteiger charge is 2.11. The lowest BCUT2D eigenvalue weighted by atomic mass is 10.2. The second kappa shape index (κ2) is 9.78. The third kappa shape index (κ3) is 5.32. The first-order chi connectivity index (χ1) is 15.1. The number of aromatic hydroxyl groups is 1. The number of nitrogens with one attached hydrogen (secondary N) is 1. The van der Waals surface area contributed by atoms with Crippen LogP contribution in [0, 0.1) is 12.7 Å². The molecule has 1 saturated heterocycles. The number of benzene rings is 2. The van der Waals surface area contributed by atoms with Crippen LogP contribution < -0.4 is 14.8 Å². The number of rotatable bonds is 9. The van der Waals surface area contributed by atoms with E-state index < -0.39 is 5.82 Å². The van der Waals surface area contributed by atoms with Crippen LogP contribution in [0.2, 0.25) is 0 Å². The van der Waals surface area contributed by atoms with Crippen LogP contribution in [0.3, 0.4) is 0 Å². The zero-order chi connectivity index (χ0) is 21.6. The van der Waals surface area contributed by atoms with Crippen LogP contribution >= 0.6 is 0 Å². The van der Waals surface area contributed by atoms with Gasteiger partial charge < -0.3 is 24.8 Å². The van der Waals surface area contributed by atoms with Crippen molar-refractivity contribution in [1.82, 2.24) is 15.1 Å². The van der Waals surface area contributed by atoms with Crippen LogP contribution in [-0.4, -0.2) is 53.2 Å². The minimum atomic E-state index is -0.455. The average molecular weight is 426 g/mol. The van der Waals surface area contributed by atoms with Crippen molar-refractivity contribution in [2.24, 2.45) is 0 Å². The average Bonchev–Trinajstić information content (AvgIpc) is 3.28. The zero-order valence-corrected chi connectivity index (χ0v) is 17.6. The molecule has 8 heteroatoms. The fourth-order valence-corrected chi connectivity index (χ4v) is 3.69. The summed E-state index contributed by atoms with van der Waals surface area (Å²) in [5.74, 6) is 0.835. The Hall–Kier alpha value is -3.13. The topological polar surface area (TPSA) is 79.7 Å². The number of anilines is 1. The molecule has 7 nitrogen and oxygen atoms in total. The summed E-state index contributed by atoms with van der Waals surface area (Å²) in [4.78, 5) is 2.47. The number of hydrogen-bond donors (Lipinski definition) is 2. The van der Waals surface area contributed by atoms with E-state index >= 15 is 0 Å². The SMILES string of the molecule is Cc1cc(F)c(NCOc2cnnc3cc(OCCCN4CCCC4)ccc23)cc1O. The van der Waals surface area contributed by atoms with Gasteiger partial charge in [-0.3, -0.25) is 0 Å². The number of nitrogens with zero attached hydrogens (tertiary/aromatic N) is 3. The van der Waals surface area contributed by atoms with Gasteiger partial charge in [-0.2, -0.15) is 10.2 Å². The lowest BCUT2D eigenvalue weighted by Gasteiger charge is -2.15. The number of fused-ring (bicyclic) bond motifs is 1. The van der Waals surface area contributed by atoms with Gasteiger partial charge in [0.05, 0.1) is 18.5 Å². The number of aryl methyl sites for hydroxylation is 1. The van der Waals surface area contributed by atoms with E-state index in [1.165, 1.54) is 44.3 Å². The molecule has 0 unspecified atom stereocenters. The molecule has 164 valence electrons. The highest BCUT2D eigenvalue weighted by Crippen LogP contribution is 2.27. The second-order valence-corrected chi connectivity index (χ2v) is 7.72. The largest absolute Gasteiger partial charge is 0.508 e. The minimum absolute atomic E-state index is 0.00889. The maximum atomic E-state index is 14.0. The van der Waals surface area contributed by atoms with E-state index in [9.17, 15) is 9.50 Å². The van der Waals surface area contributed by atoms with Crippen molar-refractivity contribution in [2.75, 3.05) is 38.3 Å². The van der Waals surface area contributed by atoms with Crippen LogP contribution in [-0.2, 0) is 0 Å². The van der Waals surface area contributed by atoms with E-state index in [4.69, 9.17) is 9.47 Å². The summed E-state index contributed by atoms with van der Waals surface area (Å²) < 4.78 is 25.6. The number of aromatic nitrogens is 2. The number of hydrogen-bond acceptors (Lipinski definition) is 7. The summed E-state index contributed by atoms with van der Waals surface area (Å²) in [6.45, 7) is 5.76. The molecule has 4 rings (SSSR count). The summed E-state index contributed by atoms with van der Waals surface area (Å²) in [6, 6.07) is 8.22. The van der Waals surface area contributed by atoms with Crippen molar-refractivity contribution in [1.29, 1.82) is 0 Å². The molecule has 2 aromatic carbocycles. The molecule has 3 aromatic rings. The zero-order valence-electron chi connectivity index (χ0n) is 17.6. The number of phenolic OH excluding ortho intramolecular Hbond substituents is 1. The van der Waals surface area contributed by atoms with Gasteiger partial charge in [0.2, 0.25) is 0 Å². The van der Waals surface area contributed by atoms with Crippen molar-refractivity contribution >= 4 is 16.6 Å². The highest BCUT2D eigenvalue weighted by molar-refractivity contribution is 5.85. The first-order valence-corrected chi connectivity index (χ1v) is 10.6. The molecule has 0 saturated carbocycles. The standard InChI is InChI=1S/C23H27FN4O3/c1-16-11-19(24)21(13-22(16)29)25-15-31-23-14-26-27-20-12-17(5-6-18(20)23)30-10-4-9-28-7-2-3-8-28/h5-6,11-14,25,29H,2-4,7-10,15H2,1H3. The van der Waals surface area contributed by atoms with Gasteiger partial charge >= 0.3 is 0 Å². The molecule has 1 aliphatic heterocycles. The Morgan fingerprint density at radius 2 is 2.00 bits per heavy atom. The van der Waals surface area contributed by atoms with Crippen molar-refractivity contribution in [3.63, 3.8) is 0 Å². The van der Waals surface area contributed by atoms with Crippen molar-refractivity contribution in [3.05, 3.63) is 47.9 Å². The number of ether oxygens (including phenoxy) is 2. The van der Waals surface area contributed by atoms with Crippen molar-refractivity contribution < 1.29 is 19.0 Å². The third-order valence-electron chi connectivity index (χ3n) is 5.44. The van der Waals surface area contributed by atoms with Gasteiger partial charge in [-0.1, -0.05) is 0 Å². The smallest absolute Gasteiger partial charge is 0.159 e. The molecule has 0 amide bonds. The number of likely N-dealkylation sites (tertiary alicyclic amines) is 1. The van der Waals surface area contributed by atoms with Crippen LogP contribution in [0.25, 0.3) is 10.9 Å². The van der Waals surface area contributed by atoms with Crippen molar-refractivity contribution in [2.45, 2.75) is 26.2 Å². The van der Waals surface area contributed by atoms with E-state index in [0.29, 0.717) is 23.4 Å². The van der Waals surface area contributed by atoms with E-state index in [-0.39, 0.29) is 18.2 Å². The van der Waals surface area contributed by atoms with Gasteiger partial charge in [0, 0.05) is 24.1 Å². The fourth-order valence-electron chi connectivity index (χ4n) is 3.69. The molecule has 1 fully saturated rings. The van der Waals surface area contributed by atoms with Gasteiger partial charge in [-0.05, 0) is 63.0 Å². The molecule has 2 heterocycles. The van der Waals surface area contributed by atoms with E-state index in [0.717, 1.165) is 24.1 Å². The summed E-state index contributed by atoms with van der Waals surface area (Å²) in [5.41, 5.74) is 1.30. The van der Waals surface area contributed by atoms with Crippen molar-refractivity contribution in [3.8, 4) is 17.2 Å². The first-order valence-electron chi connectivity index (χ1n) is 10.6. The Bertz CT molecular complexity index is 1040. The molecular formula is C23H27FN4O3. The van der Waals surface area contributed by atoms with Gasteiger partial charge in [0.25, 0.3) is 0 Å². The van der Waals surface area contributed by atoms with Crippen LogP contribution in [0.4, 0.5) is 10.1 Å². The second-order valence-electron chi connectivity index (χ2n) is 7.72. The molecule has 0 aliphatic carbocycles. The number of halogens is 1. The molecule has 2 N–H and O–H groups in total. The van der Waals surface area contributed by atoms with Crippen LogP contribution in [0.15, 0.2) is 36.5 Å². The lowest BCUT2D eigenvalue weighted by molar-refractivity contribution is 0.263. The minimum Gasteiger partial charge on any atom is -0.508 e. The maximum Gasteiger partial charge on any atom is 0.159 e. The normalized spacial score (nSPS) is 14.1. The predicted molar refractivity (Wildman–Crippen MR) is 117 cm³/mol. The fraction of sp³-hybridized carbons (Fsp3) is 0.391. The van der Waals surface area contributed by atoms with E-state index in [1.54, 1.807) is 6.92 Å².